The molecule has 1 aromatic heterocycles. The molecule has 2 aromatic rings. The lowest BCUT2D eigenvalue weighted by molar-refractivity contribution is 0.757. The summed E-state index contributed by atoms with van der Waals surface area (Å²) >= 11 is 2.05. The molecule has 1 fully saturated rings. The van der Waals surface area contributed by atoms with Gasteiger partial charge in [-0.3, -0.25) is 0 Å². The van der Waals surface area contributed by atoms with Crippen molar-refractivity contribution in [2.75, 3.05) is 11.1 Å². The number of nitrogens with zero attached hydrogens (tertiary/aromatic N) is 2. The van der Waals surface area contributed by atoms with Gasteiger partial charge in [-0.05, 0) is 24.7 Å². The number of hydrogen-bond acceptors (Lipinski definition) is 4. The van der Waals surface area contributed by atoms with E-state index in [1.165, 1.54) is 25.0 Å². The number of fused-ring (bicyclic) bond motifs is 1. The molecule has 1 aromatic carbocycles. The molecule has 19 heavy (non-hydrogen) atoms. The molecular formula is C15H19N3S. The van der Waals surface area contributed by atoms with Gasteiger partial charge in [0.15, 0.2) is 0 Å². The van der Waals surface area contributed by atoms with E-state index in [0.717, 1.165) is 16.9 Å². The number of nitrogens with one attached hydrogen (secondary N) is 1. The van der Waals surface area contributed by atoms with Crippen molar-refractivity contribution in [3.8, 4) is 0 Å². The van der Waals surface area contributed by atoms with Crippen LogP contribution in [0.4, 0.5) is 5.95 Å². The summed E-state index contributed by atoms with van der Waals surface area (Å²) in [5.74, 6) is 1.95. The predicted molar refractivity (Wildman–Crippen MR) is 82.7 cm³/mol. The summed E-state index contributed by atoms with van der Waals surface area (Å²) in [6.45, 7) is 2.23. The first-order chi connectivity index (χ1) is 9.36. The summed E-state index contributed by atoms with van der Waals surface area (Å²) in [7, 11) is 0. The van der Waals surface area contributed by atoms with E-state index < -0.39 is 0 Å². The van der Waals surface area contributed by atoms with Gasteiger partial charge in [0.1, 0.15) is 0 Å². The van der Waals surface area contributed by atoms with Crippen molar-refractivity contribution in [2.45, 2.75) is 37.5 Å². The van der Waals surface area contributed by atoms with Crippen LogP contribution in [0.25, 0.3) is 10.9 Å². The minimum absolute atomic E-state index is 0.520. The van der Waals surface area contributed by atoms with E-state index in [1.54, 1.807) is 0 Å². The molecule has 1 heterocycles. The molecule has 2 unspecified atom stereocenters. The summed E-state index contributed by atoms with van der Waals surface area (Å²) < 4.78 is 0. The highest BCUT2D eigenvalue weighted by Crippen LogP contribution is 2.31. The highest BCUT2D eigenvalue weighted by molar-refractivity contribution is 7.99. The van der Waals surface area contributed by atoms with Gasteiger partial charge in [-0.15, -0.1) is 0 Å². The molecule has 100 valence electrons. The van der Waals surface area contributed by atoms with Crippen LogP contribution in [-0.4, -0.2) is 27.0 Å². The van der Waals surface area contributed by atoms with E-state index in [1.807, 2.05) is 30.5 Å². The topological polar surface area (TPSA) is 37.8 Å². The van der Waals surface area contributed by atoms with Gasteiger partial charge in [-0.2, -0.15) is 11.8 Å². The van der Waals surface area contributed by atoms with Crippen molar-refractivity contribution in [1.82, 2.24) is 9.97 Å². The first-order valence-corrected chi connectivity index (χ1v) is 8.01. The van der Waals surface area contributed by atoms with Crippen LogP contribution >= 0.6 is 11.8 Å². The molecule has 1 aliphatic carbocycles. The van der Waals surface area contributed by atoms with Crippen LogP contribution in [0.2, 0.25) is 0 Å². The highest BCUT2D eigenvalue weighted by atomic mass is 32.2. The Labute approximate surface area is 118 Å². The molecule has 0 amide bonds. The Kier molecular flexibility index (Phi) is 3.87. The maximum Gasteiger partial charge on any atom is 0.223 e. The fraction of sp³-hybridized carbons (Fsp3) is 0.467. The molecule has 0 bridgehead atoms. The number of benzene rings is 1. The maximum absolute atomic E-state index is 4.60. The zero-order valence-electron chi connectivity index (χ0n) is 11.2. The van der Waals surface area contributed by atoms with Crippen LogP contribution in [0.15, 0.2) is 30.5 Å². The zero-order chi connectivity index (χ0) is 13.1. The van der Waals surface area contributed by atoms with Gasteiger partial charge in [0, 0.05) is 22.9 Å². The Morgan fingerprint density at radius 2 is 2.21 bits per heavy atom. The maximum atomic E-state index is 4.60. The molecular weight excluding hydrogens is 254 g/mol. The lowest BCUT2D eigenvalue weighted by Gasteiger charge is -2.20. The largest absolute Gasteiger partial charge is 0.350 e. The van der Waals surface area contributed by atoms with Crippen LogP contribution in [0.5, 0.6) is 0 Å². The van der Waals surface area contributed by atoms with Crippen LogP contribution in [0.1, 0.15) is 26.2 Å². The quantitative estimate of drug-likeness (QED) is 0.921. The Morgan fingerprint density at radius 1 is 1.32 bits per heavy atom. The second-order valence-corrected chi connectivity index (χ2v) is 6.44. The van der Waals surface area contributed by atoms with E-state index in [2.05, 4.69) is 34.0 Å². The van der Waals surface area contributed by atoms with Gasteiger partial charge in [-0.25, -0.2) is 9.97 Å². The Morgan fingerprint density at radius 3 is 3.11 bits per heavy atom. The summed E-state index contributed by atoms with van der Waals surface area (Å²) in [4.78, 5) is 9.04. The normalized spacial score (nSPS) is 22.8. The van der Waals surface area contributed by atoms with E-state index >= 15 is 0 Å². The first-order valence-electron chi connectivity index (χ1n) is 6.97. The molecule has 0 saturated heterocycles. The third-order valence-electron chi connectivity index (χ3n) is 3.64. The van der Waals surface area contributed by atoms with E-state index in [0.29, 0.717) is 11.3 Å². The molecule has 2 atom stereocenters. The molecule has 0 aliphatic heterocycles. The summed E-state index contributed by atoms with van der Waals surface area (Å²) in [5, 5.41) is 5.33. The van der Waals surface area contributed by atoms with Crippen molar-refractivity contribution < 1.29 is 0 Å². The van der Waals surface area contributed by atoms with E-state index in [4.69, 9.17) is 0 Å². The lowest BCUT2D eigenvalue weighted by Crippen LogP contribution is -2.27. The van der Waals surface area contributed by atoms with E-state index in [-0.39, 0.29) is 0 Å². The summed E-state index contributed by atoms with van der Waals surface area (Å²) in [6.07, 6.45) is 5.75. The number of anilines is 1. The molecule has 0 radical (unpaired) electrons. The van der Waals surface area contributed by atoms with Gasteiger partial charge in [0.05, 0.1) is 5.52 Å². The third kappa shape index (κ3) is 2.84. The minimum atomic E-state index is 0.520. The van der Waals surface area contributed by atoms with Crippen LogP contribution in [-0.2, 0) is 0 Å². The monoisotopic (exact) mass is 273 g/mol. The summed E-state index contributed by atoms with van der Waals surface area (Å²) in [6, 6.07) is 8.64. The number of rotatable bonds is 4. The van der Waals surface area contributed by atoms with Gasteiger partial charge in [-0.1, -0.05) is 31.5 Å². The Hall–Kier alpha value is -1.29. The molecule has 4 heteroatoms. The standard InChI is InChI=1S/C15H19N3S/c1-2-19-14-9-5-8-13(14)18-15-16-10-11-6-3-4-7-12(11)17-15/h3-4,6-7,10,13-14H,2,5,8-9H2,1H3,(H,16,17,18). The molecule has 1 aliphatic rings. The molecule has 1 N–H and O–H groups in total. The zero-order valence-corrected chi connectivity index (χ0v) is 12.0. The number of para-hydroxylation sites is 1. The van der Waals surface area contributed by atoms with Gasteiger partial charge < -0.3 is 5.32 Å². The predicted octanol–water partition coefficient (Wildman–Crippen LogP) is 3.72. The second-order valence-electron chi connectivity index (χ2n) is 4.93. The number of thioether (sulfide) groups is 1. The summed E-state index contributed by atoms with van der Waals surface area (Å²) in [5.41, 5.74) is 1.01. The average molecular weight is 273 g/mol. The lowest BCUT2D eigenvalue weighted by atomic mass is 10.2. The highest BCUT2D eigenvalue weighted by Gasteiger charge is 2.27. The van der Waals surface area contributed by atoms with Crippen LogP contribution < -0.4 is 5.32 Å². The SMILES string of the molecule is CCSC1CCCC1Nc1ncc2ccccc2n1. The first kappa shape index (κ1) is 12.7. The van der Waals surface area contributed by atoms with Crippen molar-refractivity contribution in [3.63, 3.8) is 0 Å². The number of aromatic nitrogens is 2. The van der Waals surface area contributed by atoms with Gasteiger partial charge in [0.2, 0.25) is 5.95 Å². The second kappa shape index (κ2) is 5.78. The van der Waals surface area contributed by atoms with Crippen molar-refractivity contribution in [2.24, 2.45) is 0 Å². The minimum Gasteiger partial charge on any atom is -0.350 e. The van der Waals surface area contributed by atoms with Gasteiger partial charge >= 0.3 is 0 Å². The van der Waals surface area contributed by atoms with Crippen molar-refractivity contribution >= 4 is 28.6 Å². The van der Waals surface area contributed by atoms with Crippen LogP contribution in [0.3, 0.4) is 0 Å². The van der Waals surface area contributed by atoms with Crippen LogP contribution in [0, 0.1) is 0 Å². The average Bonchev–Trinajstić information content (AvgIpc) is 2.86. The third-order valence-corrected chi connectivity index (χ3v) is 4.96. The fourth-order valence-electron chi connectivity index (χ4n) is 2.71. The van der Waals surface area contributed by atoms with E-state index in [9.17, 15) is 0 Å². The molecule has 1 saturated carbocycles. The Balaban J connectivity index is 1.77. The fourth-order valence-corrected chi connectivity index (χ4v) is 3.91. The van der Waals surface area contributed by atoms with Crippen molar-refractivity contribution in [1.29, 1.82) is 0 Å². The van der Waals surface area contributed by atoms with Gasteiger partial charge in [0.25, 0.3) is 0 Å². The number of hydrogen-bond donors (Lipinski definition) is 1. The molecule has 3 rings (SSSR count). The smallest absolute Gasteiger partial charge is 0.223 e. The Bertz CT molecular complexity index is 558. The van der Waals surface area contributed by atoms with Crippen molar-refractivity contribution in [3.05, 3.63) is 30.5 Å². The molecule has 3 nitrogen and oxygen atoms in total. The molecule has 0 spiro atoms.